The van der Waals surface area contributed by atoms with Crippen LogP contribution in [-0.4, -0.2) is 40.6 Å². The number of anilines is 1. The number of rotatable bonds is 2. The van der Waals surface area contributed by atoms with E-state index in [2.05, 4.69) is 32.1 Å². The van der Waals surface area contributed by atoms with Crippen molar-refractivity contribution >= 4 is 16.9 Å². The van der Waals surface area contributed by atoms with Crippen LogP contribution in [0.4, 0.5) is 10.2 Å². The predicted octanol–water partition coefficient (Wildman–Crippen LogP) is 2.56. The smallest absolute Gasteiger partial charge is 0.143 e. The number of hydrogen-bond acceptors (Lipinski definition) is 4. The maximum Gasteiger partial charge on any atom is 0.143 e. The third kappa shape index (κ3) is 2.45. The summed E-state index contributed by atoms with van der Waals surface area (Å²) >= 11 is 0. The number of nitrogens with zero attached hydrogens (tertiary/aromatic N) is 3. The van der Waals surface area contributed by atoms with E-state index in [4.69, 9.17) is 0 Å². The van der Waals surface area contributed by atoms with E-state index in [1.165, 1.54) is 6.07 Å². The Kier molecular flexibility index (Phi) is 3.46. The van der Waals surface area contributed by atoms with Crippen LogP contribution in [0.1, 0.15) is 6.92 Å². The van der Waals surface area contributed by atoms with Crippen LogP contribution in [0.2, 0.25) is 0 Å². The van der Waals surface area contributed by atoms with E-state index < -0.39 is 0 Å². The lowest BCUT2D eigenvalue weighted by molar-refractivity contribution is 0.483. The van der Waals surface area contributed by atoms with Gasteiger partial charge in [-0.2, -0.15) is 0 Å². The number of fused-ring (bicyclic) bond motifs is 1. The first-order valence-corrected chi connectivity index (χ1v) is 7.79. The molecular weight excluding hydrogens is 293 g/mol. The molecule has 4 rings (SSSR count). The summed E-state index contributed by atoms with van der Waals surface area (Å²) in [7, 11) is 0. The van der Waals surface area contributed by atoms with Gasteiger partial charge >= 0.3 is 0 Å². The molecule has 1 atom stereocenters. The lowest BCUT2D eigenvalue weighted by Crippen LogP contribution is -2.49. The van der Waals surface area contributed by atoms with Gasteiger partial charge in [0.05, 0.1) is 5.39 Å². The van der Waals surface area contributed by atoms with Gasteiger partial charge in [0.15, 0.2) is 0 Å². The maximum atomic E-state index is 14.2. The molecule has 118 valence electrons. The average molecular weight is 311 g/mol. The summed E-state index contributed by atoms with van der Waals surface area (Å²) < 4.78 is 14.2. The van der Waals surface area contributed by atoms with E-state index in [-0.39, 0.29) is 5.82 Å². The van der Waals surface area contributed by atoms with Crippen molar-refractivity contribution in [1.29, 1.82) is 0 Å². The maximum absolute atomic E-state index is 14.2. The second-order valence-corrected chi connectivity index (χ2v) is 5.90. The predicted molar refractivity (Wildman–Crippen MR) is 89.0 cm³/mol. The number of aromatic nitrogens is 3. The Morgan fingerprint density at radius 2 is 2.09 bits per heavy atom. The molecule has 1 unspecified atom stereocenters. The molecular formula is C17H18FN5. The number of nitrogens with one attached hydrogen (secondary N) is 2. The van der Waals surface area contributed by atoms with Crippen LogP contribution in [0.25, 0.3) is 22.2 Å². The molecule has 0 spiro atoms. The lowest BCUT2D eigenvalue weighted by atomic mass is 10.0. The lowest BCUT2D eigenvalue weighted by Gasteiger charge is -2.33. The first-order valence-electron chi connectivity index (χ1n) is 7.79. The highest BCUT2D eigenvalue weighted by molar-refractivity contribution is 6.01. The molecule has 0 saturated carbocycles. The molecule has 3 heterocycles. The summed E-state index contributed by atoms with van der Waals surface area (Å²) in [4.78, 5) is 14.2. The van der Waals surface area contributed by atoms with Crippen molar-refractivity contribution in [3.05, 3.63) is 42.6 Å². The Balaban J connectivity index is 1.89. The minimum absolute atomic E-state index is 0.239. The first kappa shape index (κ1) is 14.1. The molecule has 0 radical (unpaired) electrons. The van der Waals surface area contributed by atoms with Crippen LogP contribution < -0.4 is 10.2 Å². The molecule has 0 amide bonds. The topological polar surface area (TPSA) is 56.8 Å². The SMILES string of the molecule is CC1CN(c2ncnc3[nH]cc(-c4ccccc4F)c23)CCN1. The van der Waals surface area contributed by atoms with Gasteiger partial charge in [-0.15, -0.1) is 0 Å². The summed E-state index contributed by atoms with van der Waals surface area (Å²) in [6, 6.07) is 7.20. The van der Waals surface area contributed by atoms with Gasteiger partial charge in [0.1, 0.15) is 23.6 Å². The monoisotopic (exact) mass is 311 g/mol. The van der Waals surface area contributed by atoms with Crippen LogP contribution >= 0.6 is 0 Å². The van der Waals surface area contributed by atoms with Crippen molar-refractivity contribution in [1.82, 2.24) is 20.3 Å². The number of halogens is 1. The molecule has 3 aromatic rings. The van der Waals surface area contributed by atoms with E-state index in [1.54, 1.807) is 18.5 Å². The highest BCUT2D eigenvalue weighted by atomic mass is 19.1. The standard InChI is InChI=1S/C17H18FN5/c1-11-9-23(7-6-19-11)17-15-13(8-20-16(15)21-10-22-17)12-4-2-3-5-14(12)18/h2-5,8,10-11,19H,6-7,9H2,1H3,(H,20,21,22). The van der Waals surface area contributed by atoms with E-state index in [0.29, 0.717) is 11.6 Å². The fraction of sp³-hybridized carbons (Fsp3) is 0.294. The Morgan fingerprint density at radius 3 is 2.91 bits per heavy atom. The Bertz CT molecular complexity index is 844. The van der Waals surface area contributed by atoms with Gasteiger partial charge in [-0.25, -0.2) is 14.4 Å². The molecule has 0 bridgehead atoms. The summed E-state index contributed by atoms with van der Waals surface area (Å²) in [6.45, 7) is 4.80. The van der Waals surface area contributed by atoms with Gasteiger partial charge in [0, 0.05) is 43.0 Å². The molecule has 2 N–H and O–H groups in total. The molecule has 6 heteroatoms. The van der Waals surface area contributed by atoms with E-state index >= 15 is 0 Å². The molecule has 5 nitrogen and oxygen atoms in total. The molecule has 23 heavy (non-hydrogen) atoms. The van der Waals surface area contributed by atoms with Crippen molar-refractivity contribution in [3.8, 4) is 11.1 Å². The zero-order chi connectivity index (χ0) is 15.8. The van der Waals surface area contributed by atoms with Gasteiger partial charge in [-0.3, -0.25) is 0 Å². The second kappa shape index (κ2) is 5.62. The van der Waals surface area contributed by atoms with Crippen molar-refractivity contribution in [2.75, 3.05) is 24.5 Å². The third-order valence-corrected chi connectivity index (χ3v) is 4.28. The van der Waals surface area contributed by atoms with Gasteiger partial charge in [-0.1, -0.05) is 18.2 Å². The van der Waals surface area contributed by atoms with Gasteiger partial charge in [0.2, 0.25) is 0 Å². The first-order chi connectivity index (χ1) is 11.2. The van der Waals surface area contributed by atoms with Crippen LogP contribution in [0.3, 0.4) is 0 Å². The molecule has 1 aliphatic rings. The quantitative estimate of drug-likeness (QED) is 0.764. The number of H-pyrrole nitrogens is 1. The molecule has 1 saturated heterocycles. The molecule has 1 fully saturated rings. The summed E-state index contributed by atoms with van der Waals surface area (Å²) in [5.41, 5.74) is 2.11. The second-order valence-electron chi connectivity index (χ2n) is 5.90. The summed E-state index contributed by atoms with van der Waals surface area (Å²) in [6.07, 6.45) is 3.37. The highest BCUT2D eigenvalue weighted by Gasteiger charge is 2.22. The van der Waals surface area contributed by atoms with Crippen LogP contribution in [0, 0.1) is 5.82 Å². The number of aromatic amines is 1. The van der Waals surface area contributed by atoms with Gasteiger partial charge in [0.25, 0.3) is 0 Å². The number of hydrogen-bond donors (Lipinski definition) is 2. The summed E-state index contributed by atoms with van der Waals surface area (Å²) in [5, 5.41) is 4.31. The fourth-order valence-electron chi connectivity index (χ4n) is 3.20. The highest BCUT2D eigenvalue weighted by Crippen LogP contribution is 2.34. The molecule has 1 aliphatic heterocycles. The minimum Gasteiger partial charge on any atom is -0.353 e. The Morgan fingerprint density at radius 1 is 1.22 bits per heavy atom. The zero-order valence-corrected chi connectivity index (χ0v) is 12.9. The molecule has 1 aromatic carbocycles. The van der Waals surface area contributed by atoms with Crippen LogP contribution in [0.5, 0.6) is 0 Å². The van der Waals surface area contributed by atoms with E-state index in [0.717, 1.165) is 42.0 Å². The van der Waals surface area contributed by atoms with Crippen molar-refractivity contribution in [3.63, 3.8) is 0 Å². The van der Waals surface area contributed by atoms with Crippen molar-refractivity contribution < 1.29 is 4.39 Å². The van der Waals surface area contributed by atoms with Gasteiger partial charge < -0.3 is 15.2 Å². The third-order valence-electron chi connectivity index (χ3n) is 4.28. The summed E-state index contributed by atoms with van der Waals surface area (Å²) in [5.74, 6) is 0.625. The van der Waals surface area contributed by atoms with Gasteiger partial charge in [-0.05, 0) is 13.0 Å². The average Bonchev–Trinajstić information content (AvgIpc) is 2.99. The largest absolute Gasteiger partial charge is 0.353 e. The van der Waals surface area contributed by atoms with Crippen LogP contribution in [0.15, 0.2) is 36.8 Å². The number of benzene rings is 1. The molecule has 0 aliphatic carbocycles. The van der Waals surface area contributed by atoms with Crippen LogP contribution in [-0.2, 0) is 0 Å². The van der Waals surface area contributed by atoms with Crippen molar-refractivity contribution in [2.24, 2.45) is 0 Å². The normalized spacial score (nSPS) is 18.5. The van der Waals surface area contributed by atoms with E-state index in [1.807, 2.05) is 12.3 Å². The van der Waals surface area contributed by atoms with Crippen molar-refractivity contribution in [2.45, 2.75) is 13.0 Å². The minimum atomic E-state index is -0.239. The molecule has 2 aromatic heterocycles. The zero-order valence-electron chi connectivity index (χ0n) is 12.9. The fourth-order valence-corrected chi connectivity index (χ4v) is 3.20. The number of piperazine rings is 1. The Labute approximate surface area is 133 Å². The van der Waals surface area contributed by atoms with E-state index in [9.17, 15) is 4.39 Å². The Hall–Kier alpha value is -2.47.